The normalized spacial score (nSPS) is 55.5. The Bertz CT molecular complexity index is 673. The van der Waals surface area contributed by atoms with Crippen LogP contribution in [0.2, 0.25) is 0 Å². The Kier molecular flexibility index (Phi) is 5.75. The van der Waals surface area contributed by atoms with Gasteiger partial charge in [0.1, 0.15) is 0 Å². The molecule has 7 aliphatic rings. The highest BCUT2D eigenvalue weighted by molar-refractivity contribution is 4.99. The van der Waals surface area contributed by atoms with Crippen LogP contribution in [0.3, 0.4) is 0 Å². The molecular formula is C25H38O7. The summed E-state index contributed by atoms with van der Waals surface area (Å²) in [4.78, 5) is 0. The maximum absolute atomic E-state index is 6.69. The Labute approximate surface area is 190 Å². The smallest absolute Gasteiger partial charge is 0.0868 e. The molecule has 7 nitrogen and oxygen atoms in total. The topological polar surface area (TPSA) is 64.6 Å². The fraction of sp³-hybridized carbons (Fsp3) is 1.00. The highest BCUT2D eigenvalue weighted by Crippen LogP contribution is 2.43. The van der Waals surface area contributed by atoms with Gasteiger partial charge in [-0.25, -0.2) is 0 Å². The molecule has 12 atom stereocenters. The first-order valence-electron chi connectivity index (χ1n) is 13.3. The molecule has 0 aromatic rings. The summed E-state index contributed by atoms with van der Waals surface area (Å²) in [5.41, 5.74) is 0. The Balaban J connectivity index is 1.03. The molecule has 0 aliphatic carbocycles. The number of hydrogen-bond donors (Lipinski definition) is 0. The summed E-state index contributed by atoms with van der Waals surface area (Å²) in [5.74, 6) is 0. The van der Waals surface area contributed by atoms with E-state index < -0.39 is 0 Å². The Morgan fingerprint density at radius 1 is 0.312 bits per heavy atom. The van der Waals surface area contributed by atoms with E-state index in [1.165, 1.54) is 0 Å². The lowest BCUT2D eigenvalue weighted by Gasteiger charge is -2.48. The van der Waals surface area contributed by atoms with E-state index in [0.717, 1.165) is 83.8 Å². The Hall–Kier alpha value is -0.280. The molecule has 0 N–H and O–H groups in total. The predicted molar refractivity (Wildman–Crippen MR) is 114 cm³/mol. The van der Waals surface area contributed by atoms with Crippen LogP contribution in [0.25, 0.3) is 0 Å². The summed E-state index contributed by atoms with van der Waals surface area (Å²) in [6, 6.07) is 0. The number of ether oxygens (including phenoxy) is 7. The molecule has 0 aromatic heterocycles. The third kappa shape index (κ3) is 3.86. The SMILES string of the molecule is C1CO[C@@H]2CC[C@@H]3O[C@@H]4C[C@@H]5O[C@@H]6C[C@@H]7OCCC[C@H]7O[C@H]6CC[C@H]5O[C@H]4C[C@H]3O[C@H]2C1. The molecule has 180 valence electrons. The van der Waals surface area contributed by atoms with Crippen LogP contribution in [-0.2, 0) is 33.2 Å². The minimum atomic E-state index is 0.0872. The van der Waals surface area contributed by atoms with Crippen LogP contribution in [0.1, 0.15) is 70.6 Å². The zero-order valence-corrected chi connectivity index (χ0v) is 19.0. The zero-order chi connectivity index (χ0) is 21.1. The molecule has 7 rings (SSSR count). The van der Waals surface area contributed by atoms with Gasteiger partial charge in [0.25, 0.3) is 0 Å². The van der Waals surface area contributed by atoms with Gasteiger partial charge in [0.2, 0.25) is 0 Å². The van der Waals surface area contributed by atoms with Crippen molar-refractivity contribution in [2.75, 3.05) is 13.2 Å². The first-order valence-corrected chi connectivity index (χ1v) is 13.3. The lowest BCUT2D eigenvalue weighted by atomic mass is 9.88. The maximum atomic E-state index is 6.69. The van der Waals surface area contributed by atoms with E-state index in [-0.39, 0.29) is 73.2 Å². The number of rotatable bonds is 0. The highest BCUT2D eigenvalue weighted by Gasteiger charge is 2.51. The van der Waals surface area contributed by atoms with Gasteiger partial charge < -0.3 is 33.2 Å². The van der Waals surface area contributed by atoms with Crippen LogP contribution in [0.4, 0.5) is 0 Å². The van der Waals surface area contributed by atoms with Gasteiger partial charge in [0.15, 0.2) is 0 Å². The van der Waals surface area contributed by atoms with Crippen molar-refractivity contribution in [3.8, 4) is 0 Å². The van der Waals surface area contributed by atoms with Gasteiger partial charge in [-0.3, -0.25) is 0 Å². The van der Waals surface area contributed by atoms with E-state index in [1.54, 1.807) is 0 Å². The second kappa shape index (κ2) is 8.74. The summed E-state index contributed by atoms with van der Waals surface area (Å²) < 4.78 is 45.1. The molecular weight excluding hydrogens is 412 g/mol. The van der Waals surface area contributed by atoms with E-state index in [0.29, 0.717) is 0 Å². The van der Waals surface area contributed by atoms with Crippen LogP contribution in [0.15, 0.2) is 0 Å². The quantitative estimate of drug-likeness (QED) is 0.562. The van der Waals surface area contributed by atoms with Gasteiger partial charge in [0, 0.05) is 32.5 Å². The standard InChI is InChI=1S/C25H38O7/c1-3-15-14(26-9-1)5-6-18-22(29-15)12-24-25(30-18)13-23-19(31-24)8-7-17-21(32-23)11-20-16(28-17)4-2-10-27-20/h14-25H,1-13H2/t14-,15+,16-,17+,18+,19-,20+,21-,22-,23+,24+,25-/m1/s1. The molecule has 0 unspecified atom stereocenters. The minimum Gasteiger partial charge on any atom is -0.376 e. The fourth-order valence-electron chi connectivity index (χ4n) is 7.39. The van der Waals surface area contributed by atoms with Crippen molar-refractivity contribution in [3.63, 3.8) is 0 Å². The van der Waals surface area contributed by atoms with Gasteiger partial charge >= 0.3 is 0 Å². The van der Waals surface area contributed by atoms with E-state index in [4.69, 9.17) is 33.2 Å². The molecule has 0 radical (unpaired) electrons. The van der Waals surface area contributed by atoms with Crippen LogP contribution in [0.5, 0.6) is 0 Å². The van der Waals surface area contributed by atoms with Crippen molar-refractivity contribution in [1.82, 2.24) is 0 Å². The van der Waals surface area contributed by atoms with E-state index in [2.05, 4.69) is 0 Å². The van der Waals surface area contributed by atoms with Gasteiger partial charge in [-0.05, 0) is 51.4 Å². The van der Waals surface area contributed by atoms with Crippen molar-refractivity contribution in [3.05, 3.63) is 0 Å². The Morgan fingerprint density at radius 3 is 1.25 bits per heavy atom. The Morgan fingerprint density at radius 2 is 0.656 bits per heavy atom. The number of hydrogen-bond acceptors (Lipinski definition) is 7. The fourth-order valence-corrected chi connectivity index (χ4v) is 7.39. The largest absolute Gasteiger partial charge is 0.376 e. The number of fused-ring (bicyclic) bond motifs is 6. The van der Waals surface area contributed by atoms with Crippen molar-refractivity contribution in [1.29, 1.82) is 0 Å². The van der Waals surface area contributed by atoms with Crippen molar-refractivity contribution in [2.24, 2.45) is 0 Å². The van der Waals surface area contributed by atoms with Crippen molar-refractivity contribution < 1.29 is 33.2 Å². The van der Waals surface area contributed by atoms with Gasteiger partial charge in [-0.15, -0.1) is 0 Å². The first-order chi connectivity index (χ1) is 15.8. The van der Waals surface area contributed by atoms with Crippen LogP contribution < -0.4 is 0 Å². The van der Waals surface area contributed by atoms with Crippen LogP contribution in [-0.4, -0.2) is 86.5 Å². The van der Waals surface area contributed by atoms with Crippen molar-refractivity contribution >= 4 is 0 Å². The second-order valence-corrected chi connectivity index (χ2v) is 11.0. The summed E-state index contributed by atoms with van der Waals surface area (Å²) in [5, 5.41) is 0. The molecule has 7 heterocycles. The van der Waals surface area contributed by atoms with Crippen LogP contribution >= 0.6 is 0 Å². The minimum absolute atomic E-state index is 0.0872. The first kappa shape index (κ1) is 21.0. The van der Waals surface area contributed by atoms with Gasteiger partial charge in [-0.2, -0.15) is 0 Å². The molecule has 7 heteroatoms. The zero-order valence-electron chi connectivity index (χ0n) is 19.0. The van der Waals surface area contributed by atoms with Gasteiger partial charge in [0.05, 0.1) is 73.2 Å². The highest BCUT2D eigenvalue weighted by atomic mass is 16.6. The maximum Gasteiger partial charge on any atom is 0.0868 e. The van der Waals surface area contributed by atoms with E-state index >= 15 is 0 Å². The summed E-state index contributed by atoms with van der Waals surface area (Å²) in [6.07, 6.45) is 13.2. The molecule has 0 aromatic carbocycles. The molecule has 0 spiro atoms. The van der Waals surface area contributed by atoms with Crippen LogP contribution in [0, 0.1) is 0 Å². The third-order valence-electron chi connectivity index (χ3n) is 9.03. The molecule has 7 aliphatic heterocycles. The summed E-state index contributed by atoms with van der Waals surface area (Å²) in [7, 11) is 0. The summed E-state index contributed by atoms with van der Waals surface area (Å²) >= 11 is 0. The van der Waals surface area contributed by atoms with E-state index in [1.807, 2.05) is 0 Å². The average molecular weight is 451 g/mol. The molecule has 0 amide bonds. The lowest BCUT2D eigenvalue weighted by molar-refractivity contribution is -0.271. The molecule has 0 saturated carbocycles. The molecule has 7 saturated heterocycles. The monoisotopic (exact) mass is 450 g/mol. The average Bonchev–Trinajstić information content (AvgIpc) is 3.10. The third-order valence-corrected chi connectivity index (χ3v) is 9.03. The van der Waals surface area contributed by atoms with Crippen molar-refractivity contribution in [2.45, 2.75) is 144 Å². The van der Waals surface area contributed by atoms with E-state index in [9.17, 15) is 0 Å². The summed E-state index contributed by atoms with van der Waals surface area (Å²) in [6.45, 7) is 1.72. The molecule has 0 bridgehead atoms. The van der Waals surface area contributed by atoms with Gasteiger partial charge in [-0.1, -0.05) is 0 Å². The predicted octanol–water partition coefficient (Wildman–Crippen LogP) is 2.91. The molecule has 7 fully saturated rings. The second-order valence-electron chi connectivity index (χ2n) is 11.0. The lowest BCUT2D eigenvalue weighted by Crippen LogP contribution is -2.57. The molecule has 32 heavy (non-hydrogen) atoms.